The SMILES string of the molecule is CCOC(=O)C=Cc1cc(C(=O)OC)c2cn[nH]c2c1. The van der Waals surface area contributed by atoms with Crippen LogP contribution in [0.2, 0.25) is 0 Å². The van der Waals surface area contributed by atoms with Crippen LogP contribution in [0.3, 0.4) is 0 Å². The van der Waals surface area contributed by atoms with E-state index >= 15 is 0 Å². The third-order valence-corrected chi connectivity index (χ3v) is 2.68. The second-order valence-corrected chi connectivity index (χ2v) is 3.98. The number of nitrogens with one attached hydrogen (secondary N) is 1. The molecule has 0 unspecified atom stereocenters. The van der Waals surface area contributed by atoms with Gasteiger partial charge in [-0.1, -0.05) is 0 Å². The van der Waals surface area contributed by atoms with Gasteiger partial charge < -0.3 is 9.47 Å². The minimum absolute atomic E-state index is 0.316. The molecule has 0 bridgehead atoms. The summed E-state index contributed by atoms with van der Waals surface area (Å²) in [5.41, 5.74) is 1.76. The molecule has 0 amide bonds. The highest BCUT2D eigenvalue weighted by atomic mass is 16.5. The van der Waals surface area contributed by atoms with Crippen LogP contribution in [-0.4, -0.2) is 35.9 Å². The van der Waals surface area contributed by atoms with Crippen molar-refractivity contribution in [2.45, 2.75) is 6.92 Å². The van der Waals surface area contributed by atoms with E-state index < -0.39 is 11.9 Å². The molecule has 0 aliphatic carbocycles. The second-order valence-electron chi connectivity index (χ2n) is 3.98. The van der Waals surface area contributed by atoms with Gasteiger partial charge in [0.25, 0.3) is 0 Å². The first-order valence-electron chi connectivity index (χ1n) is 6.06. The van der Waals surface area contributed by atoms with Gasteiger partial charge in [0, 0.05) is 11.5 Å². The summed E-state index contributed by atoms with van der Waals surface area (Å²) < 4.78 is 9.53. The van der Waals surface area contributed by atoms with E-state index in [4.69, 9.17) is 9.47 Å². The number of methoxy groups -OCH3 is 1. The van der Waals surface area contributed by atoms with Gasteiger partial charge in [-0.3, -0.25) is 5.10 Å². The van der Waals surface area contributed by atoms with E-state index in [2.05, 4.69) is 10.2 Å². The predicted molar refractivity (Wildman–Crippen MR) is 73.1 cm³/mol. The summed E-state index contributed by atoms with van der Waals surface area (Å²) in [6, 6.07) is 3.42. The smallest absolute Gasteiger partial charge is 0.338 e. The largest absolute Gasteiger partial charge is 0.465 e. The molecule has 0 saturated carbocycles. The second kappa shape index (κ2) is 6.01. The van der Waals surface area contributed by atoms with Crippen LogP contribution in [0.1, 0.15) is 22.8 Å². The zero-order valence-electron chi connectivity index (χ0n) is 11.2. The molecular weight excluding hydrogens is 260 g/mol. The lowest BCUT2D eigenvalue weighted by Crippen LogP contribution is -2.02. The number of rotatable bonds is 4. The molecule has 1 heterocycles. The van der Waals surface area contributed by atoms with E-state index in [0.29, 0.717) is 28.6 Å². The Hall–Kier alpha value is -2.63. The van der Waals surface area contributed by atoms with Crippen molar-refractivity contribution in [3.8, 4) is 0 Å². The van der Waals surface area contributed by atoms with Crippen LogP contribution in [0.4, 0.5) is 0 Å². The van der Waals surface area contributed by atoms with Gasteiger partial charge in [0.1, 0.15) is 0 Å². The summed E-state index contributed by atoms with van der Waals surface area (Å²) in [7, 11) is 1.31. The molecule has 6 nitrogen and oxygen atoms in total. The first kappa shape index (κ1) is 13.8. The van der Waals surface area contributed by atoms with Crippen molar-refractivity contribution < 1.29 is 19.1 Å². The van der Waals surface area contributed by atoms with Gasteiger partial charge in [0.15, 0.2) is 0 Å². The Morgan fingerprint density at radius 2 is 2.20 bits per heavy atom. The molecule has 0 fully saturated rings. The van der Waals surface area contributed by atoms with Crippen LogP contribution in [-0.2, 0) is 14.3 Å². The molecule has 0 aliphatic rings. The molecule has 20 heavy (non-hydrogen) atoms. The van der Waals surface area contributed by atoms with Crippen LogP contribution in [0, 0.1) is 0 Å². The van der Waals surface area contributed by atoms with E-state index in [1.807, 2.05) is 0 Å². The number of nitrogens with zero attached hydrogens (tertiary/aromatic N) is 1. The number of aromatic amines is 1. The van der Waals surface area contributed by atoms with E-state index in [0.717, 1.165) is 0 Å². The van der Waals surface area contributed by atoms with Crippen LogP contribution in [0.15, 0.2) is 24.4 Å². The Morgan fingerprint density at radius 1 is 1.40 bits per heavy atom. The molecule has 0 saturated heterocycles. The molecule has 104 valence electrons. The number of ether oxygens (including phenoxy) is 2. The third kappa shape index (κ3) is 2.85. The fourth-order valence-electron chi connectivity index (χ4n) is 1.80. The van der Waals surface area contributed by atoms with Crippen LogP contribution in [0.5, 0.6) is 0 Å². The van der Waals surface area contributed by atoms with Gasteiger partial charge in [0.2, 0.25) is 0 Å². The molecule has 0 spiro atoms. The lowest BCUT2D eigenvalue weighted by Gasteiger charge is -2.03. The Kier molecular flexibility index (Phi) is 4.14. The Balaban J connectivity index is 2.40. The van der Waals surface area contributed by atoms with Crippen molar-refractivity contribution in [1.29, 1.82) is 0 Å². The number of hydrogen-bond donors (Lipinski definition) is 1. The van der Waals surface area contributed by atoms with Crippen molar-refractivity contribution in [2.24, 2.45) is 0 Å². The number of benzene rings is 1. The molecule has 0 atom stereocenters. The molecular formula is C14H14N2O4. The van der Waals surface area contributed by atoms with Crippen molar-refractivity contribution in [3.63, 3.8) is 0 Å². The number of hydrogen-bond acceptors (Lipinski definition) is 5. The molecule has 0 radical (unpaired) electrons. The average molecular weight is 274 g/mol. The van der Waals surface area contributed by atoms with Crippen molar-refractivity contribution in [2.75, 3.05) is 13.7 Å². The topological polar surface area (TPSA) is 81.3 Å². The van der Waals surface area contributed by atoms with Gasteiger partial charge in [-0.05, 0) is 30.7 Å². The minimum Gasteiger partial charge on any atom is -0.465 e. The maximum Gasteiger partial charge on any atom is 0.338 e. The standard InChI is InChI=1S/C14H14N2O4/c1-3-20-13(17)5-4-9-6-10(14(18)19-2)11-8-15-16-12(11)7-9/h4-8H,3H2,1-2H3,(H,15,16). The summed E-state index contributed by atoms with van der Waals surface area (Å²) in [6.07, 6.45) is 4.44. The summed E-state index contributed by atoms with van der Waals surface area (Å²) in [4.78, 5) is 23.0. The lowest BCUT2D eigenvalue weighted by molar-refractivity contribution is -0.137. The highest BCUT2D eigenvalue weighted by Crippen LogP contribution is 2.20. The minimum atomic E-state index is -0.456. The summed E-state index contributed by atoms with van der Waals surface area (Å²) in [5.74, 6) is -0.889. The van der Waals surface area contributed by atoms with Crippen LogP contribution < -0.4 is 0 Å². The summed E-state index contributed by atoms with van der Waals surface area (Å²) in [5, 5.41) is 7.35. The Labute approximate surface area is 115 Å². The van der Waals surface area contributed by atoms with Gasteiger partial charge in [-0.25, -0.2) is 9.59 Å². The number of esters is 2. The highest BCUT2D eigenvalue weighted by Gasteiger charge is 2.12. The number of fused-ring (bicyclic) bond motifs is 1. The zero-order valence-corrected chi connectivity index (χ0v) is 11.2. The Morgan fingerprint density at radius 3 is 2.90 bits per heavy atom. The molecule has 1 N–H and O–H groups in total. The third-order valence-electron chi connectivity index (χ3n) is 2.68. The van der Waals surface area contributed by atoms with E-state index in [-0.39, 0.29) is 0 Å². The normalized spacial score (nSPS) is 10.9. The van der Waals surface area contributed by atoms with Gasteiger partial charge in [0.05, 0.1) is 31.0 Å². The average Bonchev–Trinajstić information content (AvgIpc) is 2.92. The molecule has 2 aromatic rings. The maximum absolute atomic E-state index is 11.7. The fourth-order valence-corrected chi connectivity index (χ4v) is 1.80. The summed E-state index contributed by atoms with van der Waals surface area (Å²) >= 11 is 0. The van der Waals surface area contributed by atoms with Gasteiger partial charge in [-0.15, -0.1) is 0 Å². The highest BCUT2D eigenvalue weighted by molar-refractivity contribution is 6.04. The first-order chi connectivity index (χ1) is 9.65. The van der Waals surface area contributed by atoms with Crippen LogP contribution in [0.25, 0.3) is 17.0 Å². The van der Waals surface area contributed by atoms with Crippen LogP contribution >= 0.6 is 0 Å². The number of carbonyl (C=O) groups is 2. The number of aromatic nitrogens is 2. The molecule has 2 rings (SSSR count). The van der Waals surface area contributed by atoms with E-state index in [1.54, 1.807) is 31.3 Å². The van der Waals surface area contributed by atoms with E-state index in [1.165, 1.54) is 13.2 Å². The zero-order chi connectivity index (χ0) is 14.5. The molecule has 1 aromatic heterocycles. The number of H-pyrrole nitrogens is 1. The van der Waals surface area contributed by atoms with Crippen molar-refractivity contribution in [1.82, 2.24) is 10.2 Å². The van der Waals surface area contributed by atoms with Crippen molar-refractivity contribution >= 4 is 28.9 Å². The molecule has 1 aromatic carbocycles. The molecule has 0 aliphatic heterocycles. The quantitative estimate of drug-likeness (QED) is 0.680. The lowest BCUT2D eigenvalue weighted by atomic mass is 10.1. The molecule has 6 heteroatoms. The summed E-state index contributed by atoms with van der Waals surface area (Å²) in [6.45, 7) is 2.05. The Bertz CT molecular complexity index is 673. The fraction of sp³-hybridized carbons (Fsp3) is 0.214. The van der Waals surface area contributed by atoms with Gasteiger partial charge in [-0.2, -0.15) is 5.10 Å². The van der Waals surface area contributed by atoms with Crippen molar-refractivity contribution in [3.05, 3.63) is 35.5 Å². The maximum atomic E-state index is 11.7. The van der Waals surface area contributed by atoms with E-state index in [9.17, 15) is 9.59 Å². The number of carbonyl (C=O) groups excluding carboxylic acids is 2. The predicted octanol–water partition coefficient (Wildman–Crippen LogP) is 1.93. The first-order valence-corrected chi connectivity index (χ1v) is 6.06. The monoisotopic (exact) mass is 274 g/mol. The van der Waals surface area contributed by atoms with Gasteiger partial charge >= 0.3 is 11.9 Å².